The summed E-state index contributed by atoms with van der Waals surface area (Å²) in [5.74, 6) is -3.00. The number of rotatable bonds is 5. The molecule has 27 heavy (non-hydrogen) atoms. The first-order valence-electron chi connectivity index (χ1n) is 8.10. The van der Waals surface area contributed by atoms with Crippen LogP contribution in [-0.2, 0) is 4.79 Å². The van der Waals surface area contributed by atoms with Gasteiger partial charge < -0.3 is 10.6 Å². The Labute approximate surface area is 153 Å². The van der Waals surface area contributed by atoms with E-state index in [2.05, 4.69) is 15.7 Å². The fourth-order valence-corrected chi connectivity index (χ4v) is 2.39. The molecule has 0 aliphatic heterocycles. The molecule has 0 aliphatic carbocycles. The summed E-state index contributed by atoms with van der Waals surface area (Å²) < 4.78 is 27.8. The fraction of sp³-hybridized carbons (Fsp3) is 0.105. The van der Waals surface area contributed by atoms with Gasteiger partial charge in [-0.2, -0.15) is 5.10 Å². The maximum Gasteiger partial charge on any atom is 0.255 e. The number of hydrogen-bond donors (Lipinski definition) is 2. The average molecular weight is 370 g/mol. The SMILES string of the molecule is C[C@@H](C(=O)Nc1cccc(NC(=O)c2ccc(F)c(F)c2)c1)n1cccn1. The topological polar surface area (TPSA) is 76.0 Å². The maximum absolute atomic E-state index is 13.3. The molecule has 1 heterocycles. The summed E-state index contributed by atoms with van der Waals surface area (Å²) in [6, 6.07) is 10.6. The Hall–Kier alpha value is -3.55. The monoisotopic (exact) mass is 370 g/mol. The minimum Gasteiger partial charge on any atom is -0.324 e. The molecule has 0 radical (unpaired) electrons. The highest BCUT2D eigenvalue weighted by Crippen LogP contribution is 2.18. The van der Waals surface area contributed by atoms with Crippen LogP contribution in [0.5, 0.6) is 0 Å². The lowest BCUT2D eigenvalue weighted by atomic mass is 10.2. The molecule has 6 nitrogen and oxygen atoms in total. The average Bonchev–Trinajstić information content (AvgIpc) is 3.18. The zero-order chi connectivity index (χ0) is 19.4. The molecule has 3 rings (SSSR count). The number of nitrogens with one attached hydrogen (secondary N) is 2. The van der Waals surface area contributed by atoms with Crippen molar-refractivity contribution in [2.75, 3.05) is 10.6 Å². The van der Waals surface area contributed by atoms with E-state index in [1.807, 2.05) is 0 Å². The van der Waals surface area contributed by atoms with Crippen LogP contribution in [0.2, 0.25) is 0 Å². The van der Waals surface area contributed by atoms with Gasteiger partial charge in [-0.05, 0) is 49.4 Å². The molecule has 0 unspecified atom stereocenters. The van der Waals surface area contributed by atoms with Gasteiger partial charge in [-0.1, -0.05) is 6.07 Å². The smallest absolute Gasteiger partial charge is 0.255 e. The maximum atomic E-state index is 13.3. The van der Waals surface area contributed by atoms with Crippen molar-refractivity contribution in [3.05, 3.63) is 78.1 Å². The van der Waals surface area contributed by atoms with Gasteiger partial charge in [-0.3, -0.25) is 14.3 Å². The van der Waals surface area contributed by atoms with E-state index in [0.717, 1.165) is 12.1 Å². The van der Waals surface area contributed by atoms with Gasteiger partial charge in [-0.15, -0.1) is 0 Å². The third-order valence-corrected chi connectivity index (χ3v) is 3.87. The summed E-state index contributed by atoms with van der Waals surface area (Å²) >= 11 is 0. The highest BCUT2D eigenvalue weighted by molar-refractivity contribution is 6.04. The minimum atomic E-state index is -1.10. The Balaban J connectivity index is 1.69. The fourth-order valence-electron chi connectivity index (χ4n) is 2.39. The molecule has 0 fully saturated rings. The van der Waals surface area contributed by atoms with Crippen LogP contribution >= 0.6 is 0 Å². The van der Waals surface area contributed by atoms with Crippen molar-refractivity contribution in [2.24, 2.45) is 0 Å². The standard InChI is InChI=1S/C19H16F2N4O2/c1-12(25-9-3-8-22-25)18(26)23-14-4-2-5-15(11-14)24-19(27)13-6-7-16(20)17(21)10-13/h2-12H,1H3,(H,23,26)(H,24,27)/t12-/m0/s1. The lowest BCUT2D eigenvalue weighted by Crippen LogP contribution is -2.24. The third kappa shape index (κ3) is 4.35. The summed E-state index contributed by atoms with van der Waals surface area (Å²) in [5, 5.41) is 9.34. The minimum absolute atomic E-state index is 0.0179. The second kappa shape index (κ2) is 7.77. The van der Waals surface area contributed by atoms with Crippen LogP contribution in [0.15, 0.2) is 60.9 Å². The molecule has 0 saturated heterocycles. The van der Waals surface area contributed by atoms with Crippen LogP contribution < -0.4 is 10.6 Å². The van der Waals surface area contributed by atoms with E-state index in [-0.39, 0.29) is 11.5 Å². The van der Waals surface area contributed by atoms with Crippen molar-refractivity contribution in [3.8, 4) is 0 Å². The Morgan fingerprint density at radius 2 is 1.74 bits per heavy atom. The molecule has 1 atom stereocenters. The second-order valence-electron chi connectivity index (χ2n) is 5.82. The second-order valence-corrected chi connectivity index (χ2v) is 5.82. The zero-order valence-electron chi connectivity index (χ0n) is 14.3. The number of halogens is 2. The molecule has 2 aromatic carbocycles. The Bertz CT molecular complexity index is 974. The Kier molecular flexibility index (Phi) is 5.25. The van der Waals surface area contributed by atoms with Crippen LogP contribution in [0.4, 0.5) is 20.2 Å². The predicted octanol–water partition coefficient (Wildman–Crippen LogP) is 3.61. The van der Waals surface area contributed by atoms with Crippen LogP contribution in [0.1, 0.15) is 23.3 Å². The lowest BCUT2D eigenvalue weighted by Gasteiger charge is -2.13. The van der Waals surface area contributed by atoms with Crippen molar-refractivity contribution in [3.63, 3.8) is 0 Å². The van der Waals surface area contributed by atoms with Gasteiger partial charge in [0.25, 0.3) is 5.91 Å². The zero-order valence-corrected chi connectivity index (χ0v) is 14.3. The number of benzene rings is 2. The molecule has 138 valence electrons. The Morgan fingerprint density at radius 3 is 2.41 bits per heavy atom. The van der Waals surface area contributed by atoms with Gasteiger partial charge in [0.05, 0.1) is 0 Å². The summed E-state index contributed by atoms with van der Waals surface area (Å²) in [6.45, 7) is 1.71. The summed E-state index contributed by atoms with van der Waals surface area (Å²) in [5.41, 5.74) is 0.854. The van der Waals surface area contributed by atoms with E-state index in [1.54, 1.807) is 49.6 Å². The van der Waals surface area contributed by atoms with Gasteiger partial charge in [0.1, 0.15) is 6.04 Å². The van der Waals surface area contributed by atoms with Gasteiger partial charge >= 0.3 is 0 Å². The number of carbonyl (C=O) groups is 2. The van der Waals surface area contributed by atoms with E-state index in [9.17, 15) is 18.4 Å². The molecule has 3 aromatic rings. The first-order valence-corrected chi connectivity index (χ1v) is 8.10. The number of carbonyl (C=O) groups excluding carboxylic acids is 2. The molecular formula is C19H16F2N4O2. The highest BCUT2D eigenvalue weighted by Gasteiger charge is 2.15. The van der Waals surface area contributed by atoms with E-state index < -0.39 is 23.6 Å². The lowest BCUT2D eigenvalue weighted by molar-refractivity contribution is -0.119. The molecule has 0 bridgehead atoms. The van der Waals surface area contributed by atoms with Gasteiger partial charge in [0, 0.05) is 29.3 Å². The van der Waals surface area contributed by atoms with Crippen molar-refractivity contribution in [1.82, 2.24) is 9.78 Å². The van der Waals surface area contributed by atoms with Crippen molar-refractivity contribution >= 4 is 23.2 Å². The van der Waals surface area contributed by atoms with Gasteiger partial charge in [-0.25, -0.2) is 8.78 Å². The summed E-state index contributed by atoms with van der Waals surface area (Å²) in [4.78, 5) is 24.5. The van der Waals surface area contributed by atoms with Gasteiger partial charge in [0.2, 0.25) is 5.91 Å². The predicted molar refractivity (Wildman–Crippen MR) is 96.3 cm³/mol. The van der Waals surface area contributed by atoms with E-state index in [1.165, 1.54) is 10.7 Å². The van der Waals surface area contributed by atoms with Crippen molar-refractivity contribution in [2.45, 2.75) is 13.0 Å². The van der Waals surface area contributed by atoms with Crippen molar-refractivity contribution in [1.29, 1.82) is 0 Å². The molecule has 0 saturated carbocycles. The Morgan fingerprint density at radius 1 is 1.00 bits per heavy atom. The first-order chi connectivity index (χ1) is 12.9. The van der Waals surface area contributed by atoms with E-state index >= 15 is 0 Å². The van der Waals surface area contributed by atoms with Crippen LogP contribution in [0.25, 0.3) is 0 Å². The van der Waals surface area contributed by atoms with Crippen LogP contribution in [0, 0.1) is 11.6 Å². The van der Waals surface area contributed by atoms with Crippen molar-refractivity contribution < 1.29 is 18.4 Å². The number of nitrogens with zero attached hydrogens (tertiary/aromatic N) is 2. The quantitative estimate of drug-likeness (QED) is 0.720. The highest BCUT2D eigenvalue weighted by atomic mass is 19.2. The number of hydrogen-bond acceptors (Lipinski definition) is 3. The number of anilines is 2. The third-order valence-electron chi connectivity index (χ3n) is 3.87. The molecule has 0 aliphatic rings. The first kappa shape index (κ1) is 18.2. The molecule has 2 N–H and O–H groups in total. The molecule has 0 spiro atoms. The molecular weight excluding hydrogens is 354 g/mol. The molecule has 8 heteroatoms. The molecule has 2 amide bonds. The number of amides is 2. The van der Waals surface area contributed by atoms with Crippen LogP contribution in [0.3, 0.4) is 0 Å². The van der Waals surface area contributed by atoms with E-state index in [4.69, 9.17) is 0 Å². The summed E-state index contributed by atoms with van der Waals surface area (Å²) in [6.07, 6.45) is 3.26. The summed E-state index contributed by atoms with van der Waals surface area (Å²) in [7, 11) is 0. The van der Waals surface area contributed by atoms with Crippen LogP contribution in [-0.4, -0.2) is 21.6 Å². The molecule has 1 aromatic heterocycles. The number of aromatic nitrogens is 2. The van der Waals surface area contributed by atoms with Gasteiger partial charge in [0.15, 0.2) is 11.6 Å². The van der Waals surface area contributed by atoms with E-state index in [0.29, 0.717) is 11.4 Å². The largest absolute Gasteiger partial charge is 0.324 e. The normalized spacial score (nSPS) is 11.7.